The molecular weight excluding hydrogens is 474 g/mol. The standard InChI is InChI=1S/C24H25N3O5S2/c1-16-5-3-6-17(2)23(16)27-33(29,30)21-13-11-19(12-14-21)25-24(28)18-7-4-8-22(15-18)34(31,32)26-20-9-10-20/h3-8,11-15,20,26-27H,9-10H2,1-2H3,(H,25,28). The second kappa shape index (κ2) is 9.21. The van der Waals surface area contributed by atoms with E-state index in [9.17, 15) is 21.6 Å². The summed E-state index contributed by atoms with van der Waals surface area (Å²) in [6, 6.07) is 17.0. The third-order valence-electron chi connectivity index (χ3n) is 5.45. The quantitative estimate of drug-likeness (QED) is 0.435. The Hall–Kier alpha value is -3.21. The Kier molecular flexibility index (Phi) is 6.48. The minimum atomic E-state index is -3.82. The van der Waals surface area contributed by atoms with Crippen molar-refractivity contribution in [1.29, 1.82) is 0 Å². The Morgan fingerprint density at radius 1 is 0.794 bits per heavy atom. The van der Waals surface area contributed by atoms with Gasteiger partial charge in [0.15, 0.2) is 0 Å². The van der Waals surface area contributed by atoms with E-state index >= 15 is 0 Å². The van der Waals surface area contributed by atoms with Crippen molar-refractivity contribution in [3.8, 4) is 0 Å². The largest absolute Gasteiger partial charge is 0.322 e. The molecule has 1 amide bonds. The highest BCUT2D eigenvalue weighted by molar-refractivity contribution is 7.92. The number of nitrogens with one attached hydrogen (secondary N) is 3. The third kappa shape index (κ3) is 5.46. The lowest BCUT2D eigenvalue weighted by Gasteiger charge is -2.13. The fraction of sp³-hybridized carbons (Fsp3) is 0.208. The molecule has 1 saturated carbocycles. The molecule has 34 heavy (non-hydrogen) atoms. The van der Waals surface area contributed by atoms with E-state index in [1.54, 1.807) is 0 Å². The summed E-state index contributed by atoms with van der Waals surface area (Å²) in [5.74, 6) is -0.507. The van der Waals surface area contributed by atoms with Crippen molar-refractivity contribution >= 4 is 37.3 Å². The van der Waals surface area contributed by atoms with Crippen molar-refractivity contribution < 1.29 is 21.6 Å². The first-order chi connectivity index (χ1) is 16.0. The van der Waals surface area contributed by atoms with Crippen LogP contribution in [0.25, 0.3) is 0 Å². The van der Waals surface area contributed by atoms with E-state index in [1.807, 2.05) is 32.0 Å². The average Bonchev–Trinajstić information content (AvgIpc) is 3.60. The number of carbonyl (C=O) groups excluding carboxylic acids is 1. The topological polar surface area (TPSA) is 121 Å². The molecule has 3 N–H and O–H groups in total. The molecule has 8 nitrogen and oxygen atoms in total. The third-order valence-corrected chi connectivity index (χ3v) is 8.33. The van der Waals surface area contributed by atoms with Crippen LogP contribution in [-0.4, -0.2) is 28.8 Å². The van der Waals surface area contributed by atoms with Gasteiger partial charge in [-0.3, -0.25) is 9.52 Å². The van der Waals surface area contributed by atoms with E-state index in [2.05, 4.69) is 14.8 Å². The van der Waals surface area contributed by atoms with E-state index in [4.69, 9.17) is 0 Å². The molecule has 0 aromatic heterocycles. The van der Waals surface area contributed by atoms with Crippen LogP contribution in [0.1, 0.15) is 34.3 Å². The van der Waals surface area contributed by atoms with E-state index in [-0.39, 0.29) is 21.4 Å². The SMILES string of the molecule is Cc1cccc(C)c1NS(=O)(=O)c1ccc(NC(=O)c2cccc(S(=O)(=O)NC3CC3)c2)cc1. The Morgan fingerprint density at radius 2 is 1.41 bits per heavy atom. The maximum absolute atomic E-state index is 12.8. The summed E-state index contributed by atoms with van der Waals surface area (Å²) in [5, 5.41) is 2.67. The predicted molar refractivity (Wildman–Crippen MR) is 131 cm³/mol. The molecule has 0 spiro atoms. The lowest BCUT2D eigenvalue weighted by Crippen LogP contribution is -2.26. The van der Waals surface area contributed by atoms with Gasteiger partial charge in [-0.1, -0.05) is 24.3 Å². The summed E-state index contributed by atoms with van der Waals surface area (Å²) in [5.41, 5.74) is 2.70. The van der Waals surface area contributed by atoms with Crippen LogP contribution in [0.15, 0.2) is 76.5 Å². The van der Waals surface area contributed by atoms with Gasteiger partial charge < -0.3 is 5.32 Å². The zero-order valence-corrected chi connectivity index (χ0v) is 20.3. The Balaban J connectivity index is 1.47. The smallest absolute Gasteiger partial charge is 0.261 e. The molecule has 1 aliphatic carbocycles. The zero-order chi connectivity index (χ0) is 24.5. The molecule has 0 atom stereocenters. The molecule has 0 heterocycles. The number of aryl methyl sites for hydroxylation is 2. The molecular formula is C24H25N3O5S2. The van der Waals surface area contributed by atoms with Crippen molar-refractivity contribution in [3.05, 3.63) is 83.4 Å². The molecule has 0 radical (unpaired) electrons. The van der Waals surface area contributed by atoms with Crippen molar-refractivity contribution in [2.45, 2.75) is 42.5 Å². The summed E-state index contributed by atoms with van der Waals surface area (Å²) in [6.07, 6.45) is 1.62. The number of amides is 1. The zero-order valence-electron chi connectivity index (χ0n) is 18.7. The molecule has 10 heteroatoms. The maximum atomic E-state index is 12.8. The minimum Gasteiger partial charge on any atom is -0.322 e. The highest BCUT2D eigenvalue weighted by Crippen LogP contribution is 2.25. The highest BCUT2D eigenvalue weighted by atomic mass is 32.2. The lowest BCUT2D eigenvalue weighted by molar-refractivity contribution is 0.102. The van der Waals surface area contributed by atoms with Crippen molar-refractivity contribution in [3.63, 3.8) is 0 Å². The van der Waals surface area contributed by atoms with Crippen molar-refractivity contribution in [2.24, 2.45) is 0 Å². The van der Waals surface area contributed by atoms with E-state index in [0.29, 0.717) is 11.4 Å². The number of benzene rings is 3. The van der Waals surface area contributed by atoms with Crippen LogP contribution in [0.4, 0.5) is 11.4 Å². The van der Waals surface area contributed by atoms with Crippen LogP contribution in [0.2, 0.25) is 0 Å². The van der Waals surface area contributed by atoms with E-state index < -0.39 is 26.0 Å². The van der Waals surface area contributed by atoms with Crippen molar-refractivity contribution in [2.75, 3.05) is 10.0 Å². The van der Waals surface area contributed by atoms with Gasteiger partial charge in [0.05, 0.1) is 15.5 Å². The highest BCUT2D eigenvalue weighted by Gasteiger charge is 2.28. The van der Waals surface area contributed by atoms with Crippen LogP contribution >= 0.6 is 0 Å². The normalized spacial score (nSPS) is 13.9. The fourth-order valence-electron chi connectivity index (χ4n) is 3.38. The van der Waals surface area contributed by atoms with Gasteiger partial charge in [0.25, 0.3) is 15.9 Å². The summed E-state index contributed by atoms with van der Waals surface area (Å²) in [7, 11) is -7.50. The van der Waals surface area contributed by atoms with E-state index in [0.717, 1.165) is 24.0 Å². The summed E-state index contributed by atoms with van der Waals surface area (Å²) < 4.78 is 55.7. The molecule has 1 fully saturated rings. The van der Waals surface area contributed by atoms with Gasteiger partial charge in [-0.15, -0.1) is 0 Å². The first-order valence-corrected chi connectivity index (χ1v) is 13.6. The van der Waals surface area contributed by atoms with Gasteiger partial charge in [-0.05, 0) is 80.3 Å². The summed E-state index contributed by atoms with van der Waals surface area (Å²) in [4.78, 5) is 12.7. The maximum Gasteiger partial charge on any atom is 0.261 e. The fourth-order valence-corrected chi connectivity index (χ4v) is 5.94. The van der Waals surface area contributed by atoms with Gasteiger partial charge in [0, 0.05) is 17.3 Å². The predicted octanol–water partition coefficient (Wildman–Crippen LogP) is 3.80. The number of rotatable bonds is 8. The Morgan fingerprint density at radius 3 is 2.03 bits per heavy atom. The van der Waals surface area contributed by atoms with Crippen LogP contribution < -0.4 is 14.8 Å². The number of hydrogen-bond acceptors (Lipinski definition) is 5. The molecule has 4 rings (SSSR count). The molecule has 0 bridgehead atoms. The number of hydrogen-bond donors (Lipinski definition) is 3. The Bertz CT molecular complexity index is 1430. The summed E-state index contributed by atoms with van der Waals surface area (Å²) in [6.45, 7) is 3.65. The van der Waals surface area contributed by atoms with Gasteiger partial charge in [-0.2, -0.15) is 0 Å². The Labute approximate surface area is 199 Å². The molecule has 1 aliphatic rings. The summed E-state index contributed by atoms with van der Waals surface area (Å²) >= 11 is 0. The molecule has 0 aliphatic heterocycles. The monoisotopic (exact) mass is 499 g/mol. The van der Waals surface area contributed by atoms with E-state index in [1.165, 1.54) is 48.5 Å². The van der Waals surface area contributed by atoms with Crippen LogP contribution in [-0.2, 0) is 20.0 Å². The number of carbonyl (C=O) groups is 1. The first-order valence-electron chi connectivity index (χ1n) is 10.7. The number of anilines is 2. The van der Waals surface area contributed by atoms with Gasteiger partial charge >= 0.3 is 0 Å². The first kappa shape index (κ1) is 23.9. The second-order valence-corrected chi connectivity index (χ2v) is 11.7. The minimum absolute atomic E-state index is 0.0195. The molecule has 178 valence electrons. The lowest BCUT2D eigenvalue weighted by atomic mass is 10.1. The van der Waals surface area contributed by atoms with Crippen LogP contribution in [0.5, 0.6) is 0 Å². The molecule has 0 saturated heterocycles. The number of sulfonamides is 2. The van der Waals surface area contributed by atoms with Crippen LogP contribution in [0, 0.1) is 13.8 Å². The average molecular weight is 500 g/mol. The molecule has 3 aromatic carbocycles. The van der Waals surface area contributed by atoms with Gasteiger partial charge in [0.1, 0.15) is 0 Å². The van der Waals surface area contributed by atoms with Crippen molar-refractivity contribution in [1.82, 2.24) is 4.72 Å². The second-order valence-electron chi connectivity index (χ2n) is 8.27. The molecule has 0 unspecified atom stereocenters. The van der Waals surface area contributed by atoms with Crippen LogP contribution in [0.3, 0.4) is 0 Å². The van der Waals surface area contributed by atoms with Gasteiger partial charge in [-0.25, -0.2) is 21.6 Å². The molecule has 3 aromatic rings. The van der Waals surface area contributed by atoms with Gasteiger partial charge in [0.2, 0.25) is 10.0 Å². The number of para-hydroxylation sites is 1.